The standard InChI is InChI=1S/C27H23ClF3N5O5S2/c1-17-14-18(2)33-26(32-17)35-42(38,39)21-11-8-19(9-12-21)34-25(37)16-36(43(40,41)22-6-4-3-5-7-22)20-10-13-24(28)23(15-20)27(29,30)31/h3-15H,16H2,1-2H3,(H,34,37)(H,32,33,35). The van der Waals surface area contributed by atoms with Crippen LogP contribution in [0.2, 0.25) is 5.02 Å². The lowest BCUT2D eigenvalue weighted by molar-refractivity contribution is -0.137. The van der Waals surface area contributed by atoms with Gasteiger partial charge in [-0.05, 0) is 74.5 Å². The number of nitrogens with zero attached hydrogens (tertiary/aromatic N) is 3. The summed E-state index contributed by atoms with van der Waals surface area (Å²) in [5, 5.41) is 1.79. The van der Waals surface area contributed by atoms with E-state index in [1.165, 1.54) is 48.5 Å². The number of benzene rings is 3. The molecule has 0 aliphatic carbocycles. The van der Waals surface area contributed by atoms with E-state index >= 15 is 0 Å². The molecular weight excluding hydrogens is 631 g/mol. The predicted octanol–water partition coefficient (Wildman–Crippen LogP) is 5.40. The number of aromatic nitrogens is 2. The van der Waals surface area contributed by atoms with Crippen molar-refractivity contribution in [3.8, 4) is 0 Å². The molecule has 2 N–H and O–H groups in total. The van der Waals surface area contributed by atoms with Gasteiger partial charge in [-0.3, -0.25) is 9.10 Å². The number of anilines is 3. The van der Waals surface area contributed by atoms with Gasteiger partial charge in [-0.15, -0.1) is 0 Å². The lowest BCUT2D eigenvalue weighted by Gasteiger charge is -2.25. The molecule has 1 heterocycles. The third-order valence-electron chi connectivity index (χ3n) is 5.82. The van der Waals surface area contributed by atoms with E-state index in [0.717, 1.165) is 12.1 Å². The molecule has 0 bridgehead atoms. The highest BCUT2D eigenvalue weighted by Crippen LogP contribution is 2.38. The molecule has 0 radical (unpaired) electrons. The average molecular weight is 654 g/mol. The van der Waals surface area contributed by atoms with Crippen molar-refractivity contribution in [2.45, 2.75) is 29.8 Å². The first-order valence-corrected chi connectivity index (χ1v) is 15.6. The fourth-order valence-electron chi connectivity index (χ4n) is 3.92. The highest BCUT2D eigenvalue weighted by atomic mass is 35.5. The van der Waals surface area contributed by atoms with Gasteiger partial charge in [0.1, 0.15) is 6.54 Å². The van der Waals surface area contributed by atoms with Gasteiger partial charge in [0.15, 0.2) is 0 Å². The molecule has 0 aliphatic rings. The maximum atomic E-state index is 13.5. The van der Waals surface area contributed by atoms with Gasteiger partial charge in [-0.1, -0.05) is 29.8 Å². The van der Waals surface area contributed by atoms with E-state index in [0.29, 0.717) is 21.8 Å². The summed E-state index contributed by atoms with van der Waals surface area (Å²) in [4.78, 5) is 20.6. The second-order valence-corrected chi connectivity index (χ2v) is 13.1. The van der Waals surface area contributed by atoms with Crippen LogP contribution in [0.25, 0.3) is 0 Å². The number of carbonyl (C=O) groups is 1. The summed E-state index contributed by atoms with van der Waals surface area (Å²) in [6, 6.07) is 15.9. The largest absolute Gasteiger partial charge is 0.417 e. The van der Waals surface area contributed by atoms with Crippen molar-refractivity contribution < 1.29 is 34.8 Å². The number of carbonyl (C=O) groups excluding carboxylic acids is 1. The SMILES string of the molecule is Cc1cc(C)nc(NS(=O)(=O)c2ccc(NC(=O)CN(c3ccc(Cl)c(C(F)(F)F)c3)S(=O)(=O)c3ccccc3)cc2)n1. The molecule has 0 atom stereocenters. The summed E-state index contributed by atoms with van der Waals surface area (Å²) in [6.07, 6.45) is -4.89. The molecule has 0 fully saturated rings. The number of hydrogen-bond donors (Lipinski definition) is 2. The van der Waals surface area contributed by atoms with Gasteiger partial charge in [0.2, 0.25) is 11.9 Å². The minimum absolute atomic E-state index is 0.0933. The maximum Gasteiger partial charge on any atom is 0.417 e. The Morgan fingerprint density at radius 3 is 2.05 bits per heavy atom. The Labute approximate surface area is 250 Å². The van der Waals surface area contributed by atoms with Crippen molar-refractivity contribution in [3.05, 3.63) is 101 Å². The van der Waals surface area contributed by atoms with Crippen LogP contribution in [0.5, 0.6) is 0 Å². The summed E-state index contributed by atoms with van der Waals surface area (Å²) in [5.74, 6) is -1.04. The van der Waals surface area contributed by atoms with Crippen LogP contribution in [-0.2, 0) is 31.0 Å². The number of hydrogen-bond acceptors (Lipinski definition) is 7. The Balaban J connectivity index is 1.59. The minimum Gasteiger partial charge on any atom is -0.325 e. The van der Waals surface area contributed by atoms with Crippen LogP contribution < -0.4 is 14.3 Å². The second-order valence-electron chi connectivity index (χ2n) is 9.14. The highest BCUT2D eigenvalue weighted by molar-refractivity contribution is 7.93. The first kappa shape index (κ1) is 31.7. The van der Waals surface area contributed by atoms with E-state index in [1.54, 1.807) is 26.0 Å². The first-order chi connectivity index (χ1) is 20.1. The monoisotopic (exact) mass is 653 g/mol. The van der Waals surface area contributed by atoms with E-state index in [1.807, 2.05) is 0 Å². The number of sulfonamides is 2. The first-order valence-electron chi connectivity index (χ1n) is 12.3. The van der Waals surface area contributed by atoms with E-state index in [9.17, 15) is 34.8 Å². The molecule has 0 aliphatic heterocycles. The quantitative estimate of drug-likeness (QED) is 0.247. The Bertz CT molecular complexity index is 1850. The number of aryl methyl sites for hydroxylation is 2. The molecule has 3 aromatic carbocycles. The molecule has 1 amide bonds. The van der Waals surface area contributed by atoms with E-state index in [2.05, 4.69) is 20.0 Å². The van der Waals surface area contributed by atoms with Crippen molar-refractivity contribution in [3.63, 3.8) is 0 Å². The van der Waals surface area contributed by atoms with Gasteiger partial charge in [-0.2, -0.15) is 13.2 Å². The summed E-state index contributed by atoms with van der Waals surface area (Å²) >= 11 is 5.71. The summed E-state index contributed by atoms with van der Waals surface area (Å²) in [5.41, 5.74) is -0.524. The molecular formula is C27H23ClF3N5O5S2. The van der Waals surface area contributed by atoms with Crippen LogP contribution in [-0.4, -0.2) is 39.3 Å². The van der Waals surface area contributed by atoms with Gasteiger partial charge in [0.05, 0.1) is 26.1 Å². The van der Waals surface area contributed by atoms with Crippen LogP contribution in [0.4, 0.5) is 30.5 Å². The van der Waals surface area contributed by atoms with E-state index in [-0.39, 0.29) is 21.4 Å². The number of nitrogens with one attached hydrogen (secondary N) is 2. The van der Waals surface area contributed by atoms with E-state index in [4.69, 9.17) is 11.6 Å². The van der Waals surface area contributed by atoms with Gasteiger partial charge in [-0.25, -0.2) is 31.5 Å². The molecule has 1 aromatic heterocycles. The predicted molar refractivity (Wildman–Crippen MR) is 155 cm³/mol. The number of halogens is 4. The summed E-state index contributed by atoms with van der Waals surface area (Å²) in [6.45, 7) is 2.44. The van der Waals surface area contributed by atoms with Crippen molar-refractivity contribution in [1.29, 1.82) is 0 Å². The molecule has 0 saturated carbocycles. The highest BCUT2D eigenvalue weighted by Gasteiger charge is 2.35. The van der Waals surface area contributed by atoms with Crippen LogP contribution in [0.3, 0.4) is 0 Å². The third kappa shape index (κ3) is 7.60. The van der Waals surface area contributed by atoms with Gasteiger partial charge < -0.3 is 5.32 Å². The zero-order valence-electron chi connectivity index (χ0n) is 22.4. The topological polar surface area (TPSA) is 138 Å². The normalized spacial score (nSPS) is 12.0. The summed E-state index contributed by atoms with van der Waals surface area (Å²) < 4.78 is 95.9. The van der Waals surface area contributed by atoms with Crippen LogP contribution in [0.1, 0.15) is 17.0 Å². The molecule has 4 rings (SSSR count). The van der Waals surface area contributed by atoms with Crippen LogP contribution >= 0.6 is 11.6 Å². The van der Waals surface area contributed by atoms with E-state index < -0.39 is 54.9 Å². The second kappa shape index (κ2) is 12.2. The maximum absolute atomic E-state index is 13.5. The molecule has 0 unspecified atom stereocenters. The van der Waals surface area contributed by atoms with Crippen molar-refractivity contribution >= 4 is 54.9 Å². The van der Waals surface area contributed by atoms with Gasteiger partial charge in [0, 0.05) is 17.1 Å². The fourth-order valence-corrected chi connectivity index (χ4v) is 6.52. The molecule has 10 nitrogen and oxygen atoms in total. The Morgan fingerprint density at radius 2 is 1.47 bits per heavy atom. The molecule has 16 heteroatoms. The lowest BCUT2D eigenvalue weighted by Crippen LogP contribution is -2.38. The number of rotatable bonds is 9. The Kier molecular flexibility index (Phi) is 8.99. The van der Waals surface area contributed by atoms with Crippen LogP contribution in [0.15, 0.2) is 88.7 Å². The number of amides is 1. The van der Waals surface area contributed by atoms with Crippen LogP contribution in [0, 0.1) is 13.8 Å². The zero-order chi connectivity index (χ0) is 31.6. The smallest absolute Gasteiger partial charge is 0.325 e. The Hall–Kier alpha value is -4.21. The average Bonchev–Trinajstić information content (AvgIpc) is 2.91. The summed E-state index contributed by atoms with van der Waals surface area (Å²) in [7, 11) is -8.61. The van der Waals surface area contributed by atoms with Crippen molar-refractivity contribution in [2.24, 2.45) is 0 Å². The number of alkyl halides is 3. The van der Waals surface area contributed by atoms with Crippen molar-refractivity contribution in [2.75, 3.05) is 20.9 Å². The zero-order valence-corrected chi connectivity index (χ0v) is 24.8. The lowest BCUT2D eigenvalue weighted by atomic mass is 10.2. The fraction of sp³-hybridized carbons (Fsp3) is 0.148. The molecule has 4 aromatic rings. The van der Waals surface area contributed by atoms with Gasteiger partial charge >= 0.3 is 6.18 Å². The molecule has 0 spiro atoms. The molecule has 43 heavy (non-hydrogen) atoms. The third-order valence-corrected chi connectivity index (χ3v) is 9.28. The minimum atomic E-state index is -4.89. The molecule has 226 valence electrons. The molecule has 0 saturated heterocycles. The van der Waals surface area contributed by atoms with Crippen molar-refractivity contribution in [1.82, 2.24) is 9.97 Å². The Morgan fingerprint density at radius 1 is 0.860 bits per heavy atom. The van der Waals surface area contributed by atoms with Gasteiger partial charge in [0.25, 0.3) is 20.0 Å².